The highest BCUT2D eigenvalue weighted by Gasteiger charge is 2.16. The fourth-order valence-electron chi connectivity index (χ4n) is 2.17. The van der Waals surface area contributed by atoms with Crippen LogP contribution in [0.2, 0.25) is 0 Å². The van der Waals surface area contributed by atoms with E-state index in [1.54, 1.807) is 0 Å². The largest absolute Gasteiger partial charge is 1.00 e. The summed E-state index contributed by atoms with van der Waals surface area (Å²) in [4.78, 5) is 11.9. The number of hydrogen-bond donors (Lipinski definition) is 1. The highest BCUT2D eigenvalue weighted by atomic mass is 127. The number of hydrogen-bond acceptors (Lipinski definition) is 1. The molecule has 0 saturated heterocycles. The van der Waals surface area contributed by atoms with Crippen molar-refractivity contribution in [2.75, 3.05) is 0 Å². The van der Waals surface area contributed by atoms with Gasteiger partial charge < -0.3 is 29.3 Å². The number of aryl methyl sites for hydroxylation is 1. The van der Waals surface area contributed by atoms with Crippen LogP contribution in [0.4, 0.5) is 0 Å². The van der Waals surface area contributed by atoms with Gasteiger partial charge in [0.25, 0.3) is 5.91 Å². The van der Waals surface area contributed by atoms with Crippen LogP contribution in [0.25, 0.3) is 0 Å². The van der Waals surface area contributed by atoms with Crippen molar-refractivity contribution in [2.45, 2.75) is 38.1 Å². The Balaban J connectivity index is 0.00000144. The van der Waals surface area contributed by atoms with Crippen molar-refractivity contribution < 1.29 is 33.3 Å². The van der Waals surface area contributed by atoms with Gasteiger partial charge in [-0.2, -0.15) is 0 Å². The van der Waals surface area contributed by atoms with E-state index in [9.17, 15) is 4.79 Å². The van der Waals surface area contributed by atoms with Gasteiger partial charge in [-0.05, 0) is 12.8 Å². The third-order valence-electron chi connectivity index (χ3n) is 3.18. The lowest BCUT2D eigenvalue weighted by Gasteiger charge is -2.22. The standard InChI is InChI=1S/C13H18N2O.HI/c1-15-9-7-11(8-10-15)13(16)14-12-5-3-2-4-6-12;/h7-10,12H,2-6H2,1H3;1H. The number of nitrogens with zero attached hydrogens (tertiary/aromatic N) is 1. The summed E-state index contributed by atoms with van der Waals surface area (Å²) in [5.41, 5.74) is 0.753. The summed E-state index contributed by atoms with van der Waals surface area (Å²) in [5, 5.41) is 3.11. The Labute approximate surface area is 120 Å². The second-order valence-electron chi connectivity index (χ2n) is 4.56. The number of carbonyl (C=O) groups is 1. The van der Waals surface area contributed by atoms with Crippen LogP contribution >= 0.6 is 0 Å². The Kier molecular flexibility index (Phi) is 5.88. The molecule has 1 fully saturated rings. The topological polar surface area (TPSA) is 33.0 Å². The van der Waals surface area contributed by atoms with Crippen LogP contribution in [0.5, 0.6) is 0 Å². The lowest BCUT2D eigenvalue weighted by Crippen LogP contribution is -3.00. The highest BCUT2D eigenvalue weighted by molar-refractivity contribution is 5.94. The second kappa shape index (κ2) is 6.93. The zero-order chi connectivity index (χ0) is 11.4. The molecule has 1 heterocycles. The summed E-state index contributed by atoms with van der Waals surface area (Å²) in [7, 11) is 1.95. The van der Waals surface area contributed by atoms with Gasteiger partial charge in [0.1, 0.15) is 7.05 Å². The monoisotopic (exact) mass is 346 g/mol. The van der Waals surface area contributed by atoms with Crippen LogP contribution in [0.3, 0.4) is 0 Å². The van der Waals surface area contributed by atoms with Gasteiger partial charge in [-0.25, -0.2) is 4.57 Å². The fourth-order valence-corrected chi connectivity index (χ4v) is 2.17. The summed E-state index contributed by atoms with van der Waals surface area (Å²) in [6, 6.07) is 4.10. The van der Waals surface area contributed by atoms with Gasteiger partial charge in [-0.15, -0.1) is 0 Å². The number of carbonyl (C=O) groups excluding carboxylic acids is 1. The van der Waals surface area contributed by atoms with Crippen molar-refractivity contribution in [3.63, 3.8) is 0 Å². The molecular formula is C13H19IN2O. The van der Waals surface area contributed by atoms with Gasteiger partial charge in [-0.1, -0.05) is 19.3 Å². The molecule has 2 rings (SSSR count). The van der Waals surface area contributed by atoms with E-state index in [0.717, 1.165) is 18.4 Å². The predicted octanol–water partition coefficient (Wildman–Crippen LogP) is -1.42. The van der Waals surface area contributed by atoms with Crippen molar-refractivity contribution in [2.24, 2.45) is 7.05 Å². The van der Waals surface area contributed by atoms with E-state index in [1.165, 1.54) is 19.3 Å². The third kappa shape index (κ3) is 4.26. The molecule has 1 aliphatic rings. The Bertz CT molecular complexity index is 358. The SMILES string of the molecule is C[n+]1ccc(C(=O)NC2CCCCC2)cc1.[I-]. The first-order valence-electron chi connectivity index (χ1n) is 6.02. The number of nitrogens with one attached hydrogen (secondary N) is 1. The molecule has 1 N–H and O–H groups in total. The molecule has 1 aromatic heterocycles. The predicted molar refractivity (Wildman–Crippen MR) is 62.0 cm³/mol. The smallest absolute Gasteiger partial charge is 0.251 e. The van der Waals surface area contributed by atoms with Crippen molar-refractivity contribution in [3.05, 3.63) is 30.1 Å². The van der Waals surface area contributed by atoms with Crippen molar-refractivity contribution >= 4 is 5.91 Å². The van der Waals surface area contributed by atoms with Gasteiger partial charge in [0, 0.05) is 18.2 Å². The van der Waals surface area contributed by atoms with Crippen LogP contribution in [-0.4, -0.2) is 11.9 Å². The van der Waals surface area contributed by atoms with Crippen molar-refractivity contribution in [1.29, 1.82) is 0 Å². The van der Waals surface area contributed by atoms with Gasteiger partial charge in [0.2, 0.25) is 0 Å². The normalized spacial score (nSPS) is 16.1. The Hall–Kier alpha value is -0.650. The van der Waals surface area contributed by atoms with Crippen LogP contribution in [0.1, 0.15) is 42.5 Å². The van der Waals surface area contributed by atoms with Gasteiger partial charge >= 0.3 is 0 Å². The van der Waals surface area contributed by atoms with E-state index in [-0.39, 0.29) is 29.9 Å². The minimum absolute atomic E-state index is 0. The molecule has 0 aliphatic heterocycles. The molecule has 0 bridgehead atoms. The Morgan fingerprint density at radius 2 is 1.82 bits per heavy atom. The fraction of sp³-hybridized carbons (Fsp3) is 0.538. The molecule has 0 spiro atoms. The molecule has 1 aliphatic carbocycles. The molecule has 4 heteroatoms. The van der Waals surface area contributed by atoms with Crippen LogP contribution in [0, 0.1) is 0 Å². The molecule has 0 atom stereocenters. The highest BCUT2D eigenvalue weighted by Crippen LogP contribution is 2.17. The third-order valence-corrected chi connectivity index (χ3v) is 3.18. The lowest BCUT2D eigenvalue weighted by atomic mass is 9.95. The average Bonchev–Trinajstić information content (AvgIpc) is 2.31. The van der Waals surface area contributed by atoms with Crippen LogP contribution in [0.15, 0.2) is 24.5 Å². The van der Waals surface area contributed by atoms with Gasteiger partial charge in [-0.3, -0.25) is 4.79 Å². The van der Waals surface area contributed by atoms with E-state index in [4.69, 9.17) is 0 Å². The van der Waals surface area contributed by atoms with Crippen LogP contribution in [-0.2, 0) is 7.05 Å². The lowest BCUT2D eigenvalue weighted by molar-refractivity contribution is -0.671. The molecule has 1 amide bonds. The summed E-state index contributed by atoms with van der Waals surface area (Å²) in [6.07, 6.45) is 9.86. The first-order chi connectivity index (χ1) is 7.75. The van der Waals surface area contributed by atoms with Crippen LogP contribution < -0.4 is 33.9 Å². The Morgan fingerprint density at radius 3 is 2.41 bits per heavy atom. The zero-order valence-electron chi connectivity index (χ0n) is 10.2. The maximum absolute atomic E-state index is 11.9. The number of pyridine rings is 1. The van der Waals surface area contributed by atoms with Crippen molar-refractivity contribution in [3.8, 4) is 0 Å². The number of halogens is 1. The minimum atomic E-state index is 0. The quantitative estimate of drug-likeness (QED) is 0.518. The van der Waals surface area contributed by atoms with Gasteiger partial charge in [0.15, 0.2) is 12.4 Å². The molecular weight excluding hydrogens is 327 g/mol. The maximum atomic E-state index is 11.9. The van der Waals surface area contributed by atoms with E-state index < -0.39 is 0 Å². The van der Waals surface area contributed by atoms with E-state index >= 15 is 0 Å². The number of aromatic nitrogens is 1. The first kappa shape index (κ1) is 14.4. The number of amides is 1. The second-order valence-corrected chi connectivity index (χ2v) is 4.56. The Morgan fingerprint density at radius 1 is 1.24 bits per heavy atom. The summed E-state index contributed by atoms with van der Waals surface area (Å²) in [5.74, 6) is 0.0625. The summed E-state index contributed by atoms with van der Waals surface area (Å²) >= 11 is 0. The maximum Gasteiger partial charge on any atom is 0.251 e. The summed E-state index contributed by atoms with van der Waals surface area (Å²) in [6.45, 7) is 0. The molecule has 3 nitrogen and oxygen atoms in total. The molecule has 1 aromatic rings. The van der Waals surface area contributed by atoms with E-state index in [0.29, 0.717) is 6.04 Å². The first-order valence-corrected chi connectivity index (χ1v) is 6.02. The number of rotatable bonds is 2. The average molecular weight is 346 g/mol. The zero-order valence-corrected chi connectivity index (χ0v) is 12.3. The summed E-state index contributed by atoms with van der Waals surface area (Å²) < 4.78 is 1.93. The van der Waals surface area contributed by atoms with Gasteiger partial charge in [0.05, 0.1) is 5.56 Å². The minimum Gasteiger partial charge on any atom is -1.00 e. The molecule has 1 saturated carbocycles. The van der Waals surface area contributed by atoms with Crippen molar-refractivity contribution in [1.82, 2.24) is 5.32 Å². The molecule has 17 heavy (non-hydrogen) atoms. The molecule has 0 aromatic carbocycles. The molecule has 94 valence electrons. The van der Waals surface area contributed by atoms with E-state index in [2.05, 4.69) is 5.32 Å². The molecule has 0 unspecified atom stereocenters. The molecule has 0 radical (unpaired) electrons. The van der Waals surface area contributed by atoms with E-state index in [1.807, 2.05) is 36.1 Å².